The molecule has 0 aliphatic carbocycles. The Morgan fingerprint density at radius 2 is 2.22 bits per heavy atom. The predicted octanol–water partition coefficient (Wildman–Crippen LogP) is 3.02. The molecule has 96 valence electrons. The van der Waals surface area contributed by atoms with Crippen LogP contribution in [-0.2, 0) is 7.05 Å². The van der Waals surface area contributed by atoms with Gasteiger partial charge in [0.2, 0.25) is 0 Å². The highest BCUT2D eigenvalue weighted by Crippen LogP contribution is 2.29. The average molecular weight is 312 g/mol. The molecule has 1 aromatic carbocycles. The minimum absolute atomic E-state index is 0.235. The largest absolute Gasteiger partial charge is 0.305 e. The van der Waals surface area contributed by atoms with Crippen molar-refractivity contribution < 1.29 is 4.39 Å². The van der Waals surface area contributed by atoms with Gasteiger partial charge >= 0.3 is 0 Å². The maximum Gasteiger partial charge on any atom is 0.129 e. The van der Waals surface area contributed by atoms with Crippen molar-refractivity contribution in [2.24, 2.45) is 7.05 Å². The lowest BCUT2D eigenvalue weighted by Gasteiger charge is -2.18. The third-order valence-electron chi connectivity index (χ3n) is 2.73. The summed E-state index contributed by atoms with van der Waals surface area (Å²) in [7, 11) is 1.85. The fraction of sp³-hybridized carbons (Fsp3) is 0.308. The van der Waals surface area contributed by atoms with Gasteiger partial charge in [-0.1, -0.05) is 28.9 Å². The Bertz CT molecular complexity index is 519. The molecule has 0 aliphatic rings. The standard InChI is InChI=1S/C13H15BrFN3/c1-3-16-13(11-7-8-18(2)17-11)12-9(14)5-4-6-10(12)15/h4-8,13,16H,3H2,1-2H3. The Labute approximate surface area is 114 Å². The van der Waals surface area contributed by atoms with E-state index in [0.717, 1.165) is 16.7 Å². The van der Waals surface area contributed by atoms with Crippen LogP contribution >= 0.6 is 15.9 Å². The smallest absolute Gasteiger partial charge is 0.129 e. The second kappa shape index (κ2) is 5.63. The molecule has 1 heterocycles. The highest BCUT2D eigenvalue weighted by molar-refractivity contribution is 9.10. The first-order valence-corrected chi connectivity index (χ1v) is 6.59. The molecule has 1 N–H and O–H groups in total. The lowest BCUT2D eigenvalue weighted by Crippen LogP contribution is -2.24. The molecule has 2 aromatic rings. The molecule has 0 fully saturated rings. The highest BCUT2D eigenvalue weighted by atomic mass is 79.9. The van der Waals surface area contributed by atoms with Crippen LogP contribution in [0.15, 0.2) is 34.9 Å². The molecule has 18 heavy (non-hydrogen) atoms. The number of benzene rings is 1. The number of nitrogens with one attached hydrogen (secondary N) is 1. The number of aryl methyl sites for hydroxylation is 1. The van der Waals surface area contributed by atoms with E-state index < -0.39 is 0 Å². The molecule has 1 atom stereocenters. The van der Waals surface area contributed by atoms with Crippen LogP contribution in [0.25, 0.3) is 0 Å². The van der Waals surface area contributed by atoms with Crippen LogP contribution in [0.4, 0.5) is 4.39 Å². The van der Waals surface area contributed by atoms with Crippen molar-refractivity contribution in [3.63, 3.8) is 0 Å². The number of hydrogen-bond donors (Lipinski definition) is 1. The monoisotopic (exact) mass is 311 g/mol. The Morgan fingerprint density at radius 3 is 2.78 bits per heavy atom. The van der Waals surface area contributed by atoms with Crippen molar-refractivity contribution in [2.45, 2.75) is 13.0 Å². The summed E-state index contributed by atoms with van der Waals surface area (Å²) in [4.78, 5) is 0. The van der Waals surface area contributed by atoms with Gasteiger partial charge < -0.3 is 5.32 Å². The molecule has 3 nitrogen and oxygen atoms in total. The molecule has 0 saturated carbocycles. The van der Waals surface area contributed by atoms with Crippen LogP contribution in [0.3, 0.4) is 0 Å². The molecule has 5 heteroatoms. The van der Waals surface area contributed by atoms with E-state index in [0.29, 0.717) is 5.56 Å². The van der Waals surface area contributed by atoms with E-state index in [-0.39, 0.29) is 11.9 Å². The topological polar surface area (TPSA) is 29.9 Å². The van der Waals surface area contributed by atoms with Crippen molar-refractivity contribution >= 4 is 15.9 Å². The SMILES string of the molecule is CCNC(c1ccn(C)n1)c1c(F)cccc1Br. The zero-order valence-corrected chi connectivity index (χ0v) is 11.9. The number of rotatable bonds is 4. The molecule has 0 spiro atoms. The maximum atomic E-state index is 14.0. The first-order valence-electron chi connectivity index (χ1n) is 5.80. The summed E-state index contributed by atoms with van der Waals surface area (Å²) in [6.07, 6.45) is 1.86. The van der Waals surface area contributed by atoms with E-state index in [1.54, 1.807) is 10.7 Å². The molecule has 1 unspecified atom stereocenters. The van der Waals surface area contributed by atoms with Crippen molar-refractivity contribution in [1.82, 2.24) is 15.1 Å². The zero-order chi connectivity index (χ0) is 13.1. The van der Waals surface area contributed by atoms with E-state index in [2.05, 4.69) is 26.3 Å². The number of hydrogen-bond acceptors (Lipinski definition) is 2. The van der Waals surface area contributed by atoms with Crippen molar-refractivity contribution in [3.05, 3.63) is 52.0 Å². The first kappa shape index (κ1) is 13.2. The number of halogens is 2. The van der Waals surface area contributed by atoms with Gasteiger partial charge in [-0.25, -0.2) is 4.39 Å². The third kappa shape index (κ3) is 2.62. The average Bonchev–Trinajstić information content (AvgIpc) is 2.74. The predicted molar refractivity (Wildman–Crippen MR) is 72.8 cm³/mol. The number of nitrogens with zero attached hydrogens (tertiary/aromatic N) is 2. The Morgan fingerprint density at radius 1 is 1.44 bits per heavy atom. The van der Waals surface area contributed by atoms with Crippen molar-refractivity contribution in [2.75, 3.05) is 6.54 Å². The summed E-state index contributed by atoms with van der Waals surface area (Å²) >= 11 is 3.41. The van der Waals surface area contributed by atoms with Gasteiger partial charge in [-0.05, 0) is 24.7 Å². The van der Waals surface area contributed by atoms with Gasteiger partial charge in [-0.2, -0.15) is 5.10 Å². The maximum absolute atomic E-state index is 14.0. The van der Waals surface area contributed by atoms with E-state index in [4.69, 9.17) is 0 Å². The summed E-state index contributed by atoms with van der Waals surface area (Å²) in [5.74, 6) is -0.235. The van der Waals surface area contributed by atoms with Crippen LogP contribution in [0, 0.1) is 5.82 Å². The van der Waals surface area contributed by atoms with Gasteiger partial charge in [0.1, 0.15) is 5.82 Å². The molecular formula is C13H15BrFN3. The van der Waals surface area contributed by atoms with Crippen LogP contribution in [-0.4, -0.2) is 16.3 Å². The summed E-state index contributed by atoms with van der Waals surface area (Å²) in [5.41, 5.74) is 1.41. The highest BCUT2D eigenvalue weighted by Gasteiger charge is 2.21. The quantitative estimate of drug-likeness (QED) is 0.940. The van der Waals surface area contributed by atoms with Crippen molar-refractivity contribution in [3.8, 4) is 0 Å². The Hall–Kier alpha value is -1.20. The summed E-state index contributed by atoms with van der Waals surface area (Å²) in [6.45, 7) is 2.73. The molecule has 0 aliphatic heterocycles. The van der Waals surface area contributed by atoms with Crippen LogP contribution < -0.4 is 5.32 Å². The Balaban J connectivity index is 2.47. The summed E-state index contributed by atoms with van der Waals surface area (Å²) in [5, 5.41) is 7.62. The third-order valence-corrected chi connectivity index (χ3v) is 3.42. The second-order valence-corrected chi connectivity index (χ2v) is 4.89. The summed E-state index contributed by atoms with van der Waals surface area (Å²) < 4.78 is 16.5. The van der Waals surface area contributed by atoms with Gasteiger partial charge in [-0.3, -0.25) is 4.68 Å². The minimum Gasteiger partial charge on any atom is -0.305 e. The second-order valence-electron chi connectivity index (χ2n) is 4.04. The minimum atomic E-state index is -0.244. The van der Waals surface area contributed by atoms with E-state index in [1.165, 1.54) is 6.07 Å². The van der Waals surface area contributed by atoms with Gasteiger partial charge in [0.05, 0.1) is 11.7 Å². The lowest BCUT2D eigenvalue weighted by atomic mass is 10.0. The fourth-order valence-electron chi connectivity index (χ4n) is 1.93. The molecule has 0 radical (unpaired) electrons. The van der Waals surface area contributed by atoms with Gasteiger partial charge in [0.15, 0.2) is 0 Å². The summed E-state index contributed by atoms with van der Waals surface area (Å²) in [6, 6.07) is 6.64. The molecular weight excluding hydrogens is 297 g/mol. The fourth-order valence-corrected chi connectivity index (χ4v) is 2.50. The molecule has 0 amide bonds. The normalized spacial score (nSPS) is 12.7. The molecule has 0 saturated heterocycles. The van der Waals surface area contributed by atoms with Gasteiger partial charge in [0, 0.05) is 23.3 Å². The molecule has 1 aromatic heterocycles. The Kier molecular flexibility index (Phi) is 4.14. The lowest BCUT2D eigenvalue weighted by molar-refractivity contribution is 0.544. The van der Waals surface area contributed by atoms with Crippen LogP contribution in [0.2, 0.25) is 0 Å². The van der Waals surface area contributed by atoms with E-state index in [1.807, 2.05) is 32.3 Å². The number of aromatic nitrogens is 2. The van der Waals surface area contributed by atoms with Crippen molar-refractivity contribution in [1.29, 1.82) is 0 Å². The van der Waals surface area contributed by atoms with E-state index in [9.17, 15) is 4.39 Å². The van der Waals surface area contributed by atoms with Crippen LogP contribution in [0.1, 0.15) is 24.2 Å². The van der Waals surface area contributed by atoms with Gasteiger partial charge in [0.25, 0.3) is 0 Å². The first-order chi connectivity index (χ1) is 8.63. The van der Waals surface area contributed by atoms with E-state index >= 15 is 0 Å². The van der Waals surface area contributed by atoms with Gasteiger partial charge in [-0.15, -0.1) is 0 Å². The zero-order valence-electron chi connectivity index (χ0n) is 10.3. The van der Waals surface area contributed by atoms with Crippen LogP contribution in [0.5, 0.6) is 0 Å². The molecule has 2 rings (SSSR count). The molecule has 0 bridgehead atoms.